The maximum Gasteiger partial charge on any atom is 0.265 e. The largest absolute Gasteiger partial charge is 0.491 e. The van der Waals surface area contributed by atoms with Gasteiger partial charge in [-0.05, 0) is 37.1 Å². The van der Waals surface area contributed by atoms with Gasteiger partial charge in [0.2, 0.25) is 0 Å². The van der Waals surface area contributed by atoms with Gasteiger partial charge < -0.3 is 9.30 Å². The number of benzene rings is 2. The van der Waals surface area contributed by atoms with E-state index in [9.17, 15) is 4.79 Å². The molecule has 0 spiro atoms. The molecule has 0 radical (unpaired) electrons. The molecule has 1 aromatic heterocycles. The van der Waals surface area contributed by atoms with Gasteiger partial charge in [-0.3, -0.25) is 9.69 Å². The number of nitrogens with zero attached hydrogens (tertiary/aromatic N) is 2. The number of para-hydroxylation sites is 2. The fraction of sp³-hybridized carbons (Fsp3) is 0.217. The number of aromatic nitrogens is 1. The minimum Gasteiger partial charge on any atom is -0.491 e. The van der Waals surface area contributed by atoms with Crippen molar-refractivity contribution in [1.29, 1.82) is 0 Å². The Balaban J connectivity index is 1.60. The highest BCUT2D eigenvalue weighted by atomic mass is 32.2. The fourth-order valence-corrected chi connectivity index (χ4v) is 4.71. The molecule has 3 aromatic rings. The van der Waals surface area contributed by atoms with E-state index in [4.69, 9.17) is 17.0 Å². The summed E-state index contributed by atoms with van der Waals surface area (Å²) in [5, 5.41) is 1.11. The van der Waals surface area contributed by atoms with Gasteiger partial charge in [-0.25, -0.2) is 0 Å². The zero-order valence-electron chi connectivity index (χ0n) is 16.6. The summed E-state index contributed by atoms with van der Waals surface area (Å²) >= 11 is 6.59. The third-order valence-electron chi connectivity index (χ3n) is 5.08. The second-order valence-electron chi connectivity index (χ2n) is 7.11. The maximum absolute atomic E-state index is 12.4. The van der Waals surface area contributed by atoms with E-state index in [1.165, 1.54) is 16.7 Å². The predicted molar refractivity (Wildman–Crippen MR) is 124 cm³/mol. The molecule has 0 saturated carbocycles. The summed E-state index contributed by atoms with van der Waals surface area (Å²) in [6.45, 7) is 5.42. The SMILES string of the molecule is Cc1cccc(C)c1OCCn1cc(/C=C2\SC(=S)N(C)C2=O)c2ccccc21. The first-order chi connectivity index (χ1) is 14.0. The standard InChI is InChI=1S/C23H22N2O2S2/c1-15-7-6-8-16(2)21(15)27-12-11-25-14-17(18-9-4-5-10-19(18)25)13-20-22(26)24(3)23(28)29-20/h4-10,13-14H,11-12H2,1-3H3/b20-13-. The highest BCUT2D eigenvalue weighted by molar-refractivity contribution is 8.26. The molecule has 0 atom stereocenters. The van der Waals surface area contributed by atoms with Crippen molar-refractivity contribution in [1.82, 2.24) is 9.47 Å². The summed E-state index contributed by atoms with van der Waals surface area (Å²) in [4.78, 5) is 14.6. The molecule has 2 aromatic carbocycles. The van der Waals surface area contributed by atoms with Gasteiger partial charge >= 0.3 is 0 Å². The van der Waals surface area contributed by atoms with E-state index >= 15 is 0 Å². The molecule has 29 heavy (non-hydrogen) atoms. The van der Waals surface area contributed by atoms with E-state index in [2.05, 4.69) is 48.9 Å². The zero-order chi connectivity index (χ0) is 20.5. The Morgan fingerprint density at radius 3 is 2.52 bits per heavy atom. The molecule has 0 N–H and O–H groups in total. The monoisotopic (exact) mass is 422 g/mol. The van der Waals surface area contributed by atoms with Crippen LogP contribution in [0.15, 0.2) is 53.6 Å². The van der Waals surface area contributed by atoms with E-state index in [-0.39, 0.29) is 5.91 Å². The topological polar surface area (TPSA) is 34.5 Å². The first kappa shape index (κ1) is 19.7. The number of fused-ring (bicyclic) bond motifs is 1. The highest BCUT2D eigenvalue weighted by Gasteiger charge is 2.29. The molecular weight excluding hydrogens is 400 g/mol. The van der Waals surface area contributed by atoms with Crippen LogP contribution in [0.5, 0.6) is 5.75 Å². The summed E-state index contributed by atoms with van der Waals surface area (Å²) in [5.74, 6) is 0.908. The first-order valence-electron chi connectivity index (χ1n) is 9.44. The van der Waals surface area contributed by atoms with Crippen molar-refractivity contribution in [2.24, 2.45) is 0 Å². The molecule has 0 bridgehead atoms. The second kappa shape index (κ2) is 8.05. The molecule has 0 unspecified atom stereocenters. The van der Waals surface area contributed by atoms with Crippen LogP contribution in [0.1, 0.15) is 16.7 Å². The number of thiocarbonyl (C=S) groups is 1. The Hall–Kier alpha value is -2.57. The Labute approximate surface area is 180 Å². The number of rotatable bonds is 5. The summed E-state index contributed by atoms with van der Waals surface area (Å²) in [6.07, 6.45) is 4.02. The molecule has 1 aliphatic heterocycles. The Bertz CT molecular complexity index is 1130. The molecule has 6 heteroatoms. The van der Waals surface area contributed by atoms with Crippen LogP contribution in [-0.4, -0.2) is 33.3 Å². The summed E-state index contributed by atoms with van der Waals surface area (Å²) in [6, 6.07) is 14.4. The normalized spacial score (nSPS) is 15.7. The van der Waals surface area contributed by atoms with E-state index in [0.29, 0.717) is 15.8 Å². The third kappa shape index (κ3) is 3.82. The van der Waals surface area contributed by atoms with Gasteiger partial charge in [0, 0.05) is 29.7 Å². The smallest absolute Gasteiger partial charge is 0.265 e. The predicted octanol–water partition coefficient (Wildman–Crippen LogP) is 5.17. The van der Waals surface area contributed by atoms with E-state index in [0.717, 1.165) is 39.9 Å². The van der Waals surface area contributed by atoms with Crippen molar-refractivity contribution >= 4 is 51.2 Å². The number of amides is 1. The molecule has 1 saturated heterocycles. The van der Waals surface area contributed by atoms with Crippen LogP contribution in [0.4, 0.5) is 0 Å². The number of aryl methyl sites for hydroxylation is 2. The number of ether oxygens (including phenoxy) is 1. The lowest BCUT2D eigenvalue weighted by Crippen LogP contribution is -2.22. The van der Waals surface area contributed by atoms with Crippen molar-refractivity contribution in [3.05, 3.63) is 70.3 Å². The number of carbonyl (C=O) groups is 1. The van der Waals surface area contributed by atoms with Gasteiger partial charge in [0.25, 0.3) is 5.91 Å². The van der Waals surface area contributed by atoms with E-state index < -0.39 is 0 Å². The molecule has 2 heterocycles. The van der Waals surface area contributed by atoms with Crippen LogP contribution in [0, 0.1) is 13.8 Å². The van der Waals surface area contributed by atoms with Gasteiger partial charge in [-0.1, -0.05) is 60.4 Å². The Kier molecular flexibility index (Phi) is 5.48. The van der Waals surface area contributed by atoms with Gasteiger partial charge in [0.15, 0.2) is 0 Å². The lowest BCUT2D eigenvalue weighted by atomic mass is 10.1. The number of hydrogen-bond acceptors (Lipinski definition) is 4. The second-order valence-corrected chi connectivity index (χ2v) is 8.78. The molecule has 148 valence electrons. The summed E-state index contributed by atoms with van der Waals surface area (Å²) < 4.78 is 8.86. The summed E-state index contributed by atoms with van der Waals surface area (Å²) in [7, 11) is 1.71. The van der Waals surface area contributed by atoms with Crippen LogP contribution in [0.25, 0.3) is 17.0 Å². The first-order valence-corrected chi connectivity index (χ1v) is 10.7. The lowest BCUT2D eigenvalue weighted by Gasteiger charge is -2.12. The molecular formula is C23H22N2O2S2. The van der Waals surface area contributed by atoms with Crippen molar-refractivity contribution in [3.63, 3.8) is 0 Å². The summed E-state index contributed by atoms with van der Waals surface area (Å²) in [5.41, 5.74) is 4.42. The highest BCUT2D eigenvalue weighted by Crippen LogP contribution is 2.33. The van der Waals surface area contributed by atoms with Gasteiger partial charge in [-0.15, -0.1) is 0 Å². The lowest BCUT2D eigenvalue weighted by molar-refractivity contribution is -0.121. The van der Waals surface area contributed by atoms with Gasteiger partial charge in [0.05, 0.1) is 11.4 Å². The minimum absolute atomic E-state index is 0.0461. The quantitative estimate of drug-likeness (QED) is 0.420. The Morgan fingerprint density at radius 2 is 1.83 bits per heavy atom. The van der Waals surface area contributed by atoms with Crippen molar-refractivity contribution in [2.45, 2.75) is 20.4 Å². The third-order valence-corrected chi connectivity index (χ3v) is 6.56. The molecule has 4 rings (SSSR count). The van der Waals surface area contributed by atoms with Crippen molar-refractivity contribution in [3.8, 4) is 5.75 Å². The van der Waals surface area contributed by atoms with Gasteiger partial charge in [0.1, 0.15) is 16.7 Å². The average molecular weight is 423 g/mol. The van der Waals surface area contributed by atoms with Crippen LogP contribution >= 0.6 is 24.0 Å². The molecule has 1 amide bonds. The van der Waals surface area contributed by atoms with Crippen LogP contribution < -0.4 is 4.74 Å². The van der Waals surface area contributed by atoms with E-state index in [1.54, 1.807) is 7.05 Å². The Morgan fingerprint density at radius 1 is 1.10 bits per heavy atom. The molecule has 1 aliphatic rings. The van der Waals surface area contributed by atoms with Gasteiger partial charge in [-0.2, -0.15) is 0 Å². The molecule has 0 aliphatic carbocycles. The van der Waals surface area contributed by atoms with Crippen LogP contribution in [0.3, 0.4) is 0 Å². The number of likely N-dealkylation sites (N-methyl/N-ethyl adjacent to an activating group) is 1. The minimum atomic E-state index is -0.0461. The maximum atomic E-state index is 12.4. The average Bonchev–Trinajstić information content (AvgIpc) is 3.17. The fourth-order valence-electron chi connectivity index (χ4n) is 3.53. The van der Waals surface area contributed by atoms with Crippen LogP contribution in [0.2, 0.25) is 0 Å². The van der Waals surface area contributed by atoms with E-state index in [1.807, 2.05) is 24.3 Å². The molecule has 1 fully saturated rings. The van der Waals surface area contributed by atoms with Crippen LogP contribution in [-0.2, 0) is 11.3 Å². The number of carbonyl (C=O) groups excluding carboxylic acids is 1. The number of thioether (sulfide) groups is 1. The van der Waals surface area contributed by atoms with Crippen molar-refractivity contribution < 1.29 is 9.53 Å². The molecule has 4 nitrogen and oxygen atoms in total. The number of hydrogen-bond donors (Lipinski definition) is 0. The van der Waals surface area contributed by atoms with Crippen molar-refractivity contribution in [2.75, 3.05) is 13.7 Å². The zero-order valence-corrected chi connectivity index (χ0v) is 18.3.